The number of nitriles is 1. The number of rotatable bonds is 8. The summed E-state index contributed by atoms with van der Waals surface area (Å²) in [5, 5.41) is 16.9. The normalized spacial score (nSPS) is 10.6. The maximum absolute atomic E-state index is 12.1. The second-order valence-electron chi connectivity index (χ2n) is 8.62. The first kappa shape index (κ1) is 25.3. The van der Waals surface area contributed by atoms with Crippen LogP contribution in [0.1, 0.15) is 18.1 Å². The van der Waals surface area contributed by atoms with Crippen molar-refractivity contribution in [2.24, 2.45) is 7.05 Å². The molecule has 0 atom stereocenters. The minimum absolute atomic E-state index is 0.319. The largest absolute Gasteiger partial charge is 0.494 e. The van der Waals surface area contributed by atoms with E-state index in [-0.39, 0.29) is 5.91 Å². The number of nitrogens with zero attached hydrogens (tertiary/aromatic N) is 5. The Kier molecular flexibility index (Phi) is 7.11. The fourth-order valence-electron chi connectivity index (χ4n) is 4.28. The predicted octanol–water partition coefficient (Wildman–Crippen LogP) is 5.15. The molecule has 0 radical (unpaired) electrons. The van der Waals surface area contributed by atoms with Gasteiger partial charge in [0.1, 0.15) is 11.8 Å². The Balaban J connectivity index is 1.76. The zero-order valence-electron chi connectivity index (χ0n) is 21.6. The number of carbonyl (C=O) groups is 1. The zero-order valence-corrected chi connectivity index (χ0v) is 21.6. The van der Waals surface area contributed by atoms with Crippen LogP contribution in [0.25, 0.3) is 22.2 Å². The quantitative estimate of drug-likeness (QED) is 0.326. The van der Waals surface area contributed by atoms with Crippen LogP contribution < -0.4 is 20.3 Å². The monoisotopic (exact) mass is 495 g/mol. The molecule has 0 bridgehead atoms. The number of benzene rings is 2. The topological polar surface area (TPSA) is 108 Å². The molecule has 2 heterocycles. The van der Waals surface area contributed by atoms with Gasteiger partial charge in [0.05, 0.1) is 40.9 Å². The van der Waals surface area contributed by atoms with Crippen LogP contribution in [0.15, 0.2) is 55.4 Å². The van der Waals surface area contributed by atoms with Crippen molar-refractivity contribution < 1.29 is 9.53 Å². The van der Waals surface area contributed by atoms with Crippen LogP contribution in [0.5, 0.6) is 5.75 Å². The van der Waals surface area contributed by atoms with Crippen LogP contribution in [0.2, 0.25) is 0 Å². The summed E-state index contributed by atoms with van der Waals surface area (Å²) >= 11 is 0. The van der Waals surface area contributed by atoms with Gasteiger partial charge < -0.3 is 24.8 Å². The lowest BCUT2D eigenvalue weighted by Gasteiger charge is -2.23. The Bertz CT molecular complexity index is 1550. The Morgan fingerprint density at radius 2 is 2.08 bits per heavy atom. The number of amides is 1. The summed E-state index contributed by atoms with van der Waals surface area (Å²) in [6.07, 6.45) is 4.89. The van der Waals surface area contributed by atoms with Gasteiger partial charge in [-0.2, -0.15) is 5.26 Å². The first-order chi connectivity index (χ1) is 17.8. The summed E-state index contributed by atoms with van der Waals surface area (Å²) < 4.78 is 7.60. The van der Waals surface area contributed by atoms with Gasteiger partial charge in [-0.3, -0.25) is 4.79 Å². The Morgan fingerprint density at radius 1 is 1.30 bits per heavy atom. The lowest BCUT2D eigenvalue weighted by Crippen LogP contribution is -2.19. The van der Waals surface area contributed by atoms with E-state index in [0.29, 0.717) is 34.3 Å². The first-order valence-corrected chi connectivity index (χ1v) is 11.8. The van der Waals surface area contributed by atoms with Gasteiger partial charge in [-0.05, 0) is 49.8 Å². The van der Waals surface area contributed by atoms with Crippen LogP contribution in [0.4, 0.5) is 23.0 Å². The fourth-order valence-corrected chi connectivity index (χ4v) is 4.28. The maximum atomic E-state index is 12.1. The predicted molar refractivity (Wildman–Crippen MR) is 147 cm³/mol. The highest BCUT2D eigenvalue weighted by Gasteiger charge is 2.17. The second-order valence-corrected chi connectivity index (χ2v) is 8.62. The number of fused-ring (bicyclic) bond motifs is 1. The molecule has 9 heteroatoms. The standard InChI is InChI=1S/C28H29N7O2/c1-7-26(36)31-22-13-23(25(37-6)14-24(22)34(4)8-2)33-28-30-10-9-21(32-28)18-11-19(15-29)27-20(12-18)17(3)16-35(27)5/h7,9-14,16H,1,8H2,2-6H3,(H,31,36)(H,30,32,33). The molecule has 0 unspecified atom stereocenters. The second kappa shape index (κ2) is 10.4. The average molecular weight is 496 g/mol. The fraction of sp³-hybridized carbons (Fsp3) is 0.214. The molecule has 0 saturated heterocycles. The third-order valence-corrected chi connectivity index (χ3v) is 6.24. The number of hydrogen-bond acceptors (Lipinski definition) is 7. The average Bonchev–Trinajstić information content (AvgIpc) is 3.20. The number of anilines is 4. The number of hydrogen-bond donors (Lipinski definition) is 2. The van der Waals surface area contributed by atoms with Crippen LogP contribution in [-0.2, 0) is 11.8 Å². The van der Waals surface area contributed by atoms with Gasteiger partial charge >= 0.3 is 0 Å². The van der Waals surface area contributed by atoms with Gasteiger partial charge in [0, 0.05) is 50.0 Å². The molecule has 37 heavy (non-hydrogen) atoms. The Hall–Kier alpha value is -4.84. The van der Waals surface area contributed by atoms with Gasteiger partial charge in [0.2, 0.25) is 11.9 Å². The lowest BCUT2D eigenvalue weighted by atomic mass is 10.0. The summed E-state index contributed by atoms with van der Waals surface area (Å²) in [7, 11) is 5.44. The molecule has 0 aliphatic rings. The van der Waals surface area contributed by atoms with Gasteiger partial charge in [0.15, 0.2) is 0 Å². The lowest BCUT2D eigenvalue weighted by molar-refractivity contribution is -0.111. The number of carbonyl (C=O) groups excluding carboxylic acids is 1. The minimum atomic E-state index is -0.319. The summed E-state index contributed by atoms with van der Waals surface area (Å²) in [4.78, 5) is 23.2. The summed E-state index contributed by atoms with van der Waals surface area (Å²) in [5.41, 5.74) is 6.01. The molecule has 9 nitrogen and oxygen atoms in total. The van der Waals surface area contributed by atoms with E-state index >= 15 is 0 Å². The van der Waals surface area contributed by atoms with Gasteiger partial charge in [-0.1, -0.05) is 6.58 Å². The molecule has 0 fully saturated rings. The molecule has 0 aliphatic heterocycles. The van der Waals surface area contributed by atoms with Crippen molar-refractivity contribution in [1.82, 2.24) is 14.5 Å². The highest BCUT2D eigenvalue weighted by molar-refractivity contribution is 6.02. The summed E-state index contributed by atoms with van der Waals surface area (Å²) in [6, 6.07) is 11.6. The van der Waals surface area contributed by atoms with Crippen molar-refractivity contribution in [3.63, 3.8) is 0 Å². The highest BCUT2D eigenvalue weighted by atomic mass is 16.5. The van der Waals surface area contributed by atoms with E-state index in [9.17, 15) is 10.1 Å². The van der Waals surface area contributed by atoms with Gasteiger partial charge in [-0.15, -0.1) is 0 Å². The van der Waals surface area contributed by atoms with E-state index < -0.39 is 0 Å². The van der Waals surface area contributed by atoms with E-state index in [1.165, 1.54) is 6.08 Å². The van der Waals surface area contributed by atoms with Crippen molar-refractivity contribution in [2.75, 3.05) is 36.2 Å². The molecule has 4 rings (SSSR count). The van der Waals surface area contributed by atoms with E-state index in [1.807, 2.05) is 61.8 Å². The molecule has 2 aromatic carbocycles. The molecule has 188 valence electrons. The van der Waals surface area contributed by atoms with Gasteiger partial charge in [-0.25, -0.2) is 9.97 Å². The van der Waals surface area contributed by atoms with E-state index in [1.54, 1.807) is 25.4 Å². The molecule has 1 amide bonds. The molecule has 4 aromatic rings. The SMILES string of the molecule is C=CC(=O)Nc1cc(Nc2nccc(-c3cc(C#N)c4c(c3)c(C)cn4C)n2)c(OC)cc1N(C)CC. The zero-order chi connectivity index (χ0) is 26.7. The third kappa shape index (κ3) is 4.95. The number of ether oxygens (including phenoxy) is 1. The van der Waals surface area contributed by atoms with Crippen LogP contribution >= 0.6 is 0 Å². The van der Waals surface area contributed by atoms with Crippen LogP contribution in [0.3, 0.4) is 0 Å². The van der Waals surface area contributed by atoms with Gasteiger partial charge in [0.25, 0.3) is 0 Å². The molecular formula is C28H29N7O2. The Labute approximate surface area is 216 Å². The Morgan fingerprint density at radius 3 is 2.76 bits per heavy atom. The maximum Gasteiger partial charge on any atom is 0.247 e. The molecule has 2 N–H and O–H groups in total. The van der Waals surface area contributed by atoms with Crippen molar-refractivity contribution in [3.8, 4) is 23.1 Å². The van der Waals surface area contributed by atoms with Crippen molar-refractivity contribution in [2.45, 2.75) is 13.8 Å². The van der Waals surface area contributed by atoms with Crippen molar-refractivity contribution in [3.05, 3.63) is 66.5 Å². The summed E-state index contributed by atoms with van der Waals surface area (Å²) in [5.74, 6) is 0.589. The molecular weight excluding hydrogens is 466 g/mol. The number of methoxy groups -OCH3 is 1. The van der Waals surface area contributed by atoms with Crippen molar-refractivity contribution >= 4 is 39.8 Å². The smallest absolute Gasteiger partial charge is 0.247 e. The van der Waals surface area contributed by atoms with Crippen LogP contribution in [0, 0.1) is 18.3 Å². The molecule has 2 aromatic heterocycles. The number of nitrogens with one attached hydrogen (secondary N) is 2. The highest BCUT2D eigenvalue weighted by Crippen LogP contribution is 2.38. The molecule has 0 saturated carbocycles. The third-order valence-electron chi connectivity index (χ3n) is 6.24. The number of aromatic nitrogens is 3. The van der Waals surface area contributed by atoms with E-state index in [4.69, 9.17) is 9.72 Å². The van der Waals surface area contributed by atoms with E-state index in [2.05, 4.69) is 28.3 Å². The number of aryl methyl sites for hydroxylation is 2. The first-order valence-electron chi connectivity index (χ1n) is 11.8. The molecule has 0 spiro atoms. The van der Waals surface area contributed by atoms with Crippen LogP contribution in [-0.4, -0.2) is 41.1 Å². The molecule has 0 aliphatic carbocycles. The van der Waals surface area contributed by atoms with Crippen molar-refractivity contribution in [1.29, 1.82) is 5.26 Å². The minimum Gasteiger partial charge on any atom is -0.494 e. The summed E-state index contributed by atoms with van der Waals surface area (Å²) in [6.45, 7) is 8.31. The van der Waals surface area contributed by atoms with E-state index in [0.717, 1.165) is 34.3 Å².